The second-order valence-corrected chi connectivity index (χ2v) is 8.46. The van der Waals surface area contributed by atoms with Gasteiger partial charge in [-0.15, -0.1) is 0 Å². The molecule has 2 heterocycles. The van der Waals surface area contributed by atoms with E-state index >= 15 is 0 Å². The molecule has 33 heavy (non-hydrogen) atoms. The van der Waals surface area contributed by atoms with E-state index in [0.29, 0.717) is 22.3 Å². The molecule has 2 aromatic carbocycles. The number of rotatable bonds is 6. The summed E-state index contributed by atoms with van der Waals surface area (Å²) in [5.41, 5.74) is 7.48. The smallest absolute Gasteiger partial charge is 0.252 e. The second kappa shape index (κ2) is 8.47. The molecule has 7 nitrogen and oxygen atoms in total. The van der Waals surface area contributed by atoms with Gasteiger partial charge in [0.05, 0.1) is 35.3 Å². The first-order valence-electron chi connectivity index (χ1n) is 11.0. The van der Waals surface area contributed by atoms with Crippen LogP contribution in [0.25, 0.3) is 10.9 Å². The summed E-state index contributed by atoms with van der Waals surface area (Å²) >= 11 is 0. The zero-order valence-electron chi connectivity index (χ0n) is 18.3. The van der Waals surface area contributed by atoms with E-state index in [0.717, 1.165) is 50.0 Å². The Labute approximate surface area is 190 Å². The molecular weight excluding hydrogens is 428 g/mol. The predicted molar refractivity (Wildman–Crippen MR) is 123 cm³/mol. The summed E-state index contributed by atoms with van der Waals surface area (Å²) < 4.78 is 33.4. The van der Waals surface area contributed by atoms with Gasteiger partial charge >= 0.3 is 0 Å². The molecule has 2 fully saturated rings. The predicted octanol–water partition coefficient (Wildman–Crippen LogP) is 3.65. The zero-order chi connectivity index (χ0) is 23.1. The maximum atomic E-state index is 14.4. The molecule has 5 rings (SSSR count). The van der Waals surface area contributed by atoms with Crippen LogP contribution >= 0.6 is 0 Å². The van der Waals surface area contributed by atoms with Gasteiger partial charge in [0.1, 0.15) is 17.4 Å². The summed E-state index contributed by atoms with van der Waals surface area (Å²) in [7, 11) is 1.61. The van der Waals surface area contributed by atoms with Crippen LogP contribution in [-0.4, -0.2) is 55.1 Å². The molecule has 1 aliphatic heterocycles. The van der Waals surface area contributed by atoms with Gasteiger partial charge in [0.25, 0.3) is 5.91 Å². The number of carbonyl (C=O) groups is 1. The Balaban J connectivity index is 1.59. The number of primary amides is 1. The van der Waals surface area contributed by atoms with Crippen LogP contribution in [0.2, 0.25) is 0 Å². The van der Waals surface area contributed by atoms with Gasteiger partial charge in [0.15, 0.2) is 0 Å². The number of pyridine rings is 1. The van der Waals surface area contributed by atoms with Gasteiger partial charge < -0.3 is 20.7 Å². The summed E-state index contributed by atoms with van der Waals surface area (Å²) in [4.78, 5) is 21.3. The first-order valence-corrected chi connectivity index (χ1v) is 11.0. The van der Waals surface area contributed by atoms with Gasteiger partial charge in [-0.1, -0.05) is 0 Å². The number of nitrogens with one attached hydrogen (secondary N) is 1. The summed E-state index contributed by atoms with van der Waals surface area (Å²) in [6.45, 7) is 3.63. The minimum atomic E-state index is -0.777. The lowest BCUT2D eigenvalue weighted by Gasteiger charge is -2.37. The highest BCUT2D eigenvalue weighted by molar-refractivity contribution is 6.08. The van der Waals surface area contributed by atoms with Crippen LogP contribution in [-0.2, 0) is 0 Å². The molecule has 3 N–H and O–H groups in total. The highest BCUT2D eigenvalue weighted by Gasteiger charge is 2.32. The number of piperazine rings is 1. The minimum absolute atomic E-state index is 0.0295. The average molecular weight is 453 g/mol. The third kappa shape index (κ3) is 4.16. The maximum Gasteiger partial charge on any atom is 0.252 e. The number of carbonyl (C=O) groups excluding carboxylic acids is 1. The van der Waals surface area contributed by atoms with Crippen LogP contribution in [0.15, 0.2) is 36.5 Å². The number of anilines is 3. The van der Waals surface area contributed by atoms with Crippen molar-refractivity contribution in [2.24, 2.45) is 5.73 Å². The fraction of sp³-hybridized carbons (Fsp3) is 0.333. The van der Waals surface area contributed by atoms with E-state index in [1.165, 1.54) is 25.1 Å². The number of halogens is 2. The number of nitrogens with two attached hydrogens (primary N) is 1. The molecule has 1 saturated heterocycles. The Morgan fingerprint density at radius 2 is 1.91 bits per heavy atom. The molecule has 0 unspecified atom stereocenters. The number of ether oxygens (including phenoxy) is 1. The van der Waals surface area contributed by atoms with Crippen molar-refractivity contribution < 1.29 is 18.3 Å². The lowest BCUT2D eigenvalue weighted by atomic mass is 10.1. The van der Waals surface area contributed by atoms with Crippen molar-refractivity contribution in [1.82, 2.24) is 9.88 Å². The van der Waals surface area contributed by atoms with Gasteiger partial charge in [-0.05, 0) is 31.0 Å². The number of aromatic nitrogens is 1. The number of nitrogens with zero attached hydrogens (tertiary/aromatic N) is 3. The third-order valence-electron chi connectivity index (χ3n) is 6.34. The van der Waals surface area contributed by atoms with E-state index in [2.05, 4.69) is 20.1 Å². The summed E-state index contributed by atoms with van der Waals surface area (Å²) in [6.07, 6.45) is 3.90. The lowest BCUT2D eigenvalue weighted by molar-refractivity contribution is 0.100. The molecule has 0 radical (unpaired) electrons. The number of hydrogen-bond donors (Lipinski definition) is 2. The van der Waals surface area contributed by atoms with E-state index in [-0.39, 0.29) is 11.3 Å². The van der Waals surface area contributed by atoms with Crippen LogP contribution in [0, 0.1) is 11.6 Å². The minimum Gasteiger partial charge on any atom is -0.495 e. The van der Waals surface area contributed by atoms with Crippen molar-refractivity contribution in [2.45, 2.75) is 18.9 Å². The lowest BCUT2D eigenvalue weighted by Crippen LogP contribution is -2.47. The van der Waals surface area contributed by atoms with Gasteiger partial charge in [-0.25, -0.2) is 8.78 Å². The fourth-order valence-electron chi connectivity index (χ4n) is 4.43. The molecule has 1 aliphatic carbocycles. The molecule has 0 atom stereocenters. The standard InChI is InChI=1S/C24H25F2N5O2/c1-33-22-12-20-16(11-21(22)31-8-6-30(7-9-31)15-3-4-15)23(17(13-28-20)24(27)32)29-19-5-2-14(25)10-18(19)26/h2,5,10-13,15H,3-4,6-9H2,1H3,(H2,27,32)(H,28,29). The van der Waals surface area contributed by atoms with Crippen LogP contribution in [0.5, 0.6) is 5.75 Å². The average Bonchev–Trinajstić information content (AvgIpc) is 3.65. The topological polar surface area (TPSA) is 83.7 Å². The van der Waals surface area contributed by atoms with Gasteiger partial charge in [0, 0.05) is 55.9 Å². The fourth-order valence-corrected chi connectivity index (χ4v) is 4.43. The first-order chi connectivity index (χ1) is 15.9. The normalized spacial score (nSPS) is 16.8. The molecular formula is C24H25F2N5O2. The summed E-state index contributed by atoms with van der Waals surface area (Å²) in [6, 6.07) is 7.62. The Morgan fingerprint density at radius 3 is 2.55 bits per heavy atom. The number of fused-ring (bicyclic) bond motifs is 1. The Kier molecular flexibility index (Phi) is 5.49. The van der Waals surface area contributed by atoms with Crippen LogP contribution in [0.4, 0.5) is 25.8 Å². The van der Waals surface area contributed by atoms with Crippen molar-refractivity contribution in [3.8, 4) is 5.75 Å². The number of amides is 1. The van der Waals surface area contributed by atoms with E-state index in [4.69, 9.17) is 10.5 Å². The Hall–Kier alpha value is -3.46. The molecule has 1 saturated carbocycles. The van der Waals surface area contributed by atoms with Gasteiger partial charge in [-0.3, -0.25) is 14.7 Å². The highest BCUT2D eigenvalue weighted by atomic mass is 19.1. The molecule has 0 bridgehead atoms. The maximum absolute atomic E-state index is 14.4. The highest BCUT2D eigenvalue weighted by Crippen LogP contribution is 2.39. The van der Waals surface area contributed by atoms with E-state index in [1.54, 1.807) is 13.2 Å². The molecule has 172 valence electrons. The van der Waals surface area contributed by atoms with Gasteiger partial charge in [0.2, 0.25) is 0 Å². The van der Waals surface area contributed by atoms with Gasteiger partial charge in [-0.2, -0.15) is 0 Å². The van der Waals surface area contributed by atoms with Crippen molar-refractivity contribution >= 4 is 33.9 Å². The zero-order valence-corrected chi connectivity index (χ0v) is 18.3. The Bertz CT molecular complexity index is 1220. The first kappa shape index (κ1) is 21.4. The van der Waals surface area contributed by atoms with Crippen LogP contribution in [0.3, 0.4) is 0 Å². The van der Waals surface area contributed by atoms with Crippen molar-refractivity contribution in [2.75, 3.05) is 43.5 Å². The SMILES string of the molecule is COc1cc2ncc(C(N)=O)c(Nc3ccc(F)cc3F)c2cc1N1CCN(C2CC2)CC1. The number of benzene rings is 2. The quantitative estimate of drug-likeness (QED) is 0.593. The molecule has 3 aromatic rings. The summed E-state index contributed by atoms with van der Waals surface area (Å²) in [5, 5.41) is 3.53. The molecule has 2 aliphatic rings. The molecule has 9 heteroatoms. The van der Waals surface area contributed by atoms with E-state index < -0.39 is 17.5 Å². The van der Waals surface area contributed by atoms with E-state index in [1.807, 2.05) is 6.07 Å². The monoisotopic (exact) mass is 453 g/mol. The second-order valence-electron chi connectivity index (χ2n) is 8.46. The van der Waals surface area contributed by atoms with Crippen molar-refractivity contribution in [3.63, 3.8) is 0 Å². The largest absolute Gasteiger partial charge is 0.495 e. The molecule has 1 aromatic heterocycles. The van der Waals surface area contributed by atoms with Crippen molar-refractivity contribution in [1.29, 1.82) is 0 Å². The molecule has 1 amide bonds. The molecule has 0 spiro atoms. The number of hydrogen-bond acceptors (Lipinski definition) is 6. The van der Waals surface area contributed by atoms with Crippen LogP contribution < -0.4 is 20.7 Å². The van der Waals surface area contributed by atoms with E-state index in [9.17, 15) is 13.6 Å². The Morgan fingerprint density at radius 1 is 1.15 bits per heavy atom. The third-order valence-corrected chi connectivity index (χ3v) is 6.34. The van der Waals surface area contributed by atoms with Crippen LogP contribution in [0.1, 0.15) is 23.2 Å². The summed E-state index contributed by atoms with van der Waals surface area (Å²) in [5.74, 6) is -1.50. The van der Waals surface area contributed by atoms with Crippen molar-refractivity contribution in [3.05, 3.63) is 53.7 Å². The number of methoxy groups -OCH3 is 1.